The van der Waals surface area contributed by atoms with Gasteiger partial charge in [-0.2, -0.15) is 0 Å². The van der Waals surface area contributed by atoms with Crippen LogP contribution in [0, 0.1) is 0 Å². The molecule has 7 heteroatoms. The highest BCUT2D eigenvalue weighted by Gasteiger charge is 2.45. The van der Waals surface area contributed by atoms with Crippen LogP contribution in [-0.4, -0.2) is 50.5 Å². The molecule has 0 saturated heterocycles. The van der Waals surface area contributed by atoms with Crippen molar-refractivity contribution in [2.75, 3.05) is 18.0 Å². The third-order valence-corrected chi connectivity index (χ3v) is 7.15. The van der Waals surface area contributed by atoms with E-state index in [0.717, 1.165) is 49.2 Å². The molecule has 2 amide bonds. The first-order valence-corrected chi connectivity index (χ1v) is 11.4. The van der Waals surface area contributed by atoms with Crippen LogP contribution in [0.5, 0.6) is 0 Å². The summed E-state index contributed by atoms with van der Waals surface area (Å²) in [6.45, 7) is 7.37. The molecule has 1 saturated carbocycles. The second-order valence-electron chi connectivity index (χ2n) is 9.77. The van der Waals surface area contributed by atoms with E-state index in [0.29, 0.717) is 24.7 Å². The topological polar surface area (TPSA) is 84.8 Å². The second kappa shape index (κ2) is 7.19. The normalized spacial score (nSPS) is 30.3. The van der Waals surface area contributed by atoms with Crippen molar-refractivity contribution in [3.05, 3.63) is 47.4 Å². The second-order valence-corrected chi connectivity index (χ2v) is 9.77. The fourth-order valence-corrected chi connectivity index (χ4v) is 4.98. The first kappa shape index (κ1) is 20.2. The zero-order valence-electron chi connectivity index (χ0n) is 18.6. The molecule has 3 aliphatic rings. The van der Waals surface area contributed by atoms with E-state index in [1.165, 1.54) is 0 Å². The molecule has 0 spiro atoms. The summed E-state index contributed by atoms with van der Waals surface area (Å²) in [5, 5.41) is 10.4. The lowest BCUT2D eigenvalue weighted by molar-refractivity contribution is 0.00179. The summed E-state index contributed by atoms with van der Waals surface area (Å²) in [5.74, 6) is 2.30. The summed E-state index contributed by atoms with van der Waals surface area (Å²) in [5.41, 5.74) is 1.20. The summed E-state index contributed by atoms with van der Waals surface area (Å²) in [6, 6.07) is 10.0. The number of amidine groups is 1. The Hall–Kier alpha value is -2.67. The molecule has 3 heterocycles. The number of nitrogens with zero attached hydrogens (tertiary/aromatic N) is 4. The van der Waals surface area contributed by atoms with E-state index >= 15 is 0 Å². The first-order chi connectivity index (χ1) is 14.8. The Morgan fingerprint density at radius 3 is 2.55 bits per heavy atom. The van der Waals surface area contributed by atoms with Crippen LogP contribution in [0.1, 0.15) is 76.0 Å². The number of nitrogens with one attached hydrogen (secondary N) is 1. The third kappa shape index (κ3) is 3.35. The quantitative estimate of drug-likeness (QED) is 0.778. The van der Waals surface area contributed by atoms with Crippen molar-refractivity contribution >= 4 is 17.7 Å². The van der Waals surface area contributed by atoms with Gasteiger partial charge in [0.2, 0.25) is 0 Å². The maximum atomic E-state index is 13.4. The number of aliphatic imine (C=N–C) groups is 1. The van der Waals surface area contributed by atoms with Crippen LogP contribution in [0.2, 0.25) is 0 Å². The molecule has 5 rings (SSSR count). The van der Waals surface area contributed by atoms with E-state index in [2.05, 4.69) is 31.0 Å². The number of aliphatic hydroxyl groups is 1. The van der Waals surface area contributed by atoms with Crippen LogP contribution >= 0.6 is 0 Å². The number of hydrogen-bond acceptors (Lipinski definition) is 4. The molecule has 31 heavy (non-hydrogen) atoms. The molecule has 1 aromatic heterocycles. The van der Waals surface area contributed by atoms with E-state index in [9.17, 15) is 9.90 Å². The van der Waals surface area contributed by atoms with Gasteiger partial charge in [-0.1, -0.05) is 44.2 Å². The number of fused-ring (bicyclic) bond motifs is 3. The maximum Gasteiger partial charge on any atom is 0.331 e. The minimum Gasteiger partial charge on any atom is -0.390 e. The number of anilines is 1. The first-order valence-electron chi connectivity index (χ1n) is 11.4. The summed E-state index contributed by atoms with van der Waals surface area (Å²) >= 11 is 0. The van der Waals surface area contributed by atoms with E-state index in [-0.39, 0.29) is 17.5 Å². The van der Waals surface area contributed by atoms with Gasteiger partial charge in [0, 0.05) is 12.0 Å². The lowest BCUT2D eigenvalue weighted by Gasteiger charge is -2.39. The van der Waals surface area contributed by atoms with Gasteiger partial charge in [-0.3, -0.25) is 14.8 Å². The van der Waals surface area contributed by atoms with Gasteiger partial charge in [-0.05, 0) is 44.6 Å². The number of urea groups is 1. The number of aromatic amines is 1. The summed E-state index contributed by atoms with van der Waals surface area (Å²) < 4.78 is 0. The number of H-pyrrole nitrogens is 1. The Morgan fingerprint density at radius 2 is 1.87 bits per heavy atom. The number of carbonyl (C=O) groups excluding carboxylic acids is 1. The number of imidazole rings is 1. The molecule has 2 aromatic rings. The Balaban J connectivity index is 1.55. The predicted octanol–water partition coefficient (Wildman–Crippen LogP) is 4.15. The Labute approximate surface area is 183 Å². The number of aromatic nitrogens is 2. The van der Waals surface area contributed by atoms with E-state index in [1.807, 2.05) is 25.1 Å². The van der Waals surface area contributed by atoms with E-state index < -0.39 is 5.60 Å². The molecule has 0 radical (unpaired) electrons. The van der Waals surface area contributed by atoms with Gasteiger partial charge < -0.3 is 10.1 Å². The molecule has 1 aromatic carbocycles. The molecule has 1 unspecified atom stereocenters. The number of hydrogen-bond donors (Lipinski definition) is 2. The van der Waals surface area contributed by atoms with Gasteiger partial charge >= 0.3 is 6.03 Å². The zero-order chi connectivity index (χ0) is 21.8. The SMILES string of the molecule is CCCN1C(=O)N2CC(c3ccccc3)N=C2c2[nH]c(C3(C)CCC(C)(O)CC3)nc21. The van der Waals surface area contributed by atoms with Crippen molar-refractivity contribution in [2.24, 2.45) is 4.99 Å². The van der Waals surface area contributed by atoms with Crippen LogP contribution in [0.4, 0.5) is 10.6 Å². The Bertz CT molecular complexity index is 1020. The van der Waals surface area contributed by atoms with Gasteiger partial charge in [0.1, 0.15) is 11.5 Å². The van der Waals surface area contributed by atoms with Crippen molar-refractivity contribution in [3.8, 4) is 0 Å². The monoisotopic (exact) mass is 421 g/mol. The Morgan fingerprint density at radius 1 is 1.16 bits per heavy atom. The minimum absolute atomic E-state index is 0.0405. The average Bonchev–Trinajstić information content (AvgIpc) is 3.40. The number of amides is 2. The van der Waals surface area contributed by atoms with Gasteiger partial charge in [-0.15, -0.1) is 0 Å². The molecule has 164 valence electrons. The lowest BCUT2D eigenvalue weighted by Crippen LogP contribution is -2.50. The molecule has 1 fully saturated rings. The zero-order valence-corrected chi connectivity index (χ0v) is 18.6. The molecule has 0 bridgehead atoms. The number of carbonyl (C=O) groups is 1. The van der Waals surface area contributed by atoms with Crippen molar-refractivity contribution < 1.29 is 9.90 Å². The van der Waals surface area contributed by atoms with Crippen molar-refractivity contribution in [1.29, 1.82) is 0 Å². The highest BCUT2D eigenvalue weighted by atomic mass is 16.3. The third-order valence-electron chi connectivity index (χ3n) is 7.15. The van der Waals surface area contributed by atoms with Crippen LogP contribution in [0.15, 0.2) is 35.3 Å². The standard InChI is InChI=1S/C24H31N5O2/c1-4-14-28-20-18(26-21(27-20)23(2)10-12-24(3,31)13-11-23)19-25-17(15-29(19)22(28)30)16-8-6-5-7-9-16/h5-9,17,31H,4,10-15H2,1-3H3,(H,26,27). The maximum absolute atomic E-state index is 13.4. The lowest BCUT2D eigenvalue weighted by atomic mass is 9.70. The molecule has 1 atom stereocenters. The highest BCUT2D eigenvalue weighted by Crippen LogP contribution is 2.44. The smallest absolute Gasteiger partial charge is 0.331 e. The molecule has 1 aliphatic carbocycles. The fraction of sp³-hybridized carbons (Fsp3) is 0.542. The average molecular weight is 422 g/mol. The Kier molecular flexibility index (Phi) is 4.70. The van der Waals surface area contributed by atoms with Gasteiger partial charge in [-0.25, -0.2) is 9.78 Å². The van der Waals surface area contributed by atoms with Gasteiger partial charge in [0.15, 0.2) is 11.7 Å². The minimum atomic E-state index is -0.606. The van der Waals surface area contributed by atoms with Crippen LogP contribution in [0.25, 0.3) is 0 Å². The largest absolute Gasteiger partial charge is 0.390 e. The summed E-state index contributed by atoms with van der Waals surface area (Å²) in [4.78, 5) is 30.4. The molecular weight excluding hydrogens is 390 g/mol. The highest BCUT2D eigenvalue weighted by molar-refractivity contribution is 6.18. The molecule has 7 nitrogen and oxygen atoms in total. The van der Waals surface area contributed by atoms with Gasteiger partial charge in [0.25, 0.3) is 0 Å². The van der Waals surface area contributed by atoms with E-state index in [4.69, 9.17) is 9.98 Å². The number of rotatable bonds is 4. The van der Waals surface area contributed by atoms with Gasteiger partial charge in [0.05, 0.1) is 18.2 Å². The van der Waals surface area contributed by atoms with Crippen LogP contribution in [-0.2, 0) is 5.41 Å². The van der Waals surface area contributed by atoms with Crippen molar-refractivity contribution in [2.45, 2.75) is 69.9 Å². The van der Waals surface area contributed by atoms with Crippen molar-refractivity contribution in [1.82, 2.24) is 14.9 Å². The van der Waals surface area contributed by atoms with Crippen LogP contribution < -0.4 is 4.90 Å². The summed E-state index contributed by atoms with van der Waals surface area (Å²) in [6.07, 6.45) is 4.06. The molecule has 2 aliphatic heterocycles. The predicted molar refractivity (Wildman–Crippen MR) is 120 cm³/mol. The molecule has 2 N–H and O–H groups in total. The van der Waals surface area contributed by atoms with Crippen molar-refractivity contribution in [3.63, 3.8) is 0 Å². The number of benzene rings is 1. The molecular formula is C24H31N5O2. The fourth-order valence-electron chi connectivity index (χ4n) is 4.98. The summed E-state index contributed by atoms with van der Waals surface area (Å²) in [7, 11) is 0. The van der Waals surface area contributed by atoms with E-state index in [1.54, 1.807) is 9.80 Å². The van der Waals surface area contributed by atoms with Crippen LogP contribution in [0.3, 0.4) is 0 Å².